The van der Waals surface area contributed by atoms with Crippen molar-refractivity contribution >= 4 is 23.3 Å². The van der Waals surface area contributed by atoms with E-state index in [0.29, 0.717) is 39.1 Å². The minimum absolute atomic E-state index is 0.0742. The largest absolute Gasteiger partial charge is 0.339 e. The van der Waals surface area contributed by atoms with E-state index in [9.17, 15) is 9.59 Å². The highest BCUT2D eigenvalue weighted by Gasteiger charge is 2.24. The first kappa shape index (κ1) is 18.4. The van der Waals surface area contributed by atoms with Crippen molar-refractivity contribution in [1.82, 2.24) is 20.1 Å². The van der Waals surface area contributed by atoms with Crippen LogP contribution in [0.5, 0.6) is 0 Å². The summed E-state index contributed by atoms with van der Waals surface area (Å²) >= 11 is 1.58. The molecule has 0 unspecified atom stereocenters. The number of amides is 3. The van der Waals surface area contributed by atoms with Gasteiger partial charge in [-0.05, 0) is 19.4 Å². The van der Waals surface area contributed by atoms with Gasteiger partial charge in [-0.25, -0.2) is 9.78 Å². The molecule has 1 saturated heterocycles. The van der Waals surface area contributed by atoms with E-state index in [1.54, 1.807) is 16.2 Å². The number of benzene rings is 1. The molecular weight excluding hydrogens is 348 g/mol. The maximum atomic E-state index is 12.5. The Morgan fingerprint density at radius 1 is 1.08 bits per heavy atom. The average molecular weight is 372 g/mol. The van der Waals surface area contributed by atoms with Gasteiger partial charge in [0.15, 0.2) is 0 Å². The van der Waals surface area contributed by atoms with Crippen LogP contribution < -0.4 is 5.32 Å². The highest BCUT2D eigenvalue weighted by Crippen LogP contribution is 2.18. The molecule has 3 rings (SSSR count). The fourth-order valence-corrected chi connectivity index (χ4v) is 3.96. The van der Waals surface area contributed by atoms with Crippen LogP contribution in [0.2, 0.25) is 0 Å². The quantitative estimate of drug-likeness (QED) is 0.896. The summed E-state index contributed by atoms with van der Waals surface area (Å²) in [7, 11) is 0. The average Bonchev–Trinajstić information content (AvgIpc) is 2.97. The van der Waals surface area contributed by atoms with E-state index < -0.39 is 0 Å². The van der Waals surface area contributed by atoms with Crippen molar-refractivity contribution in [2.24, 2.45) is 0 Å². The summed E-state index contributed by atoms with van der Waals surface area (Å²) in [6.45, 7) is 6.70. The molecule has 1 aliphatic heterocycles. The van der Waals surface area contributed by atoms with Crippen molar-refractivity contribution in [2.75, 3.05) is 26.2 Å². The van der Waals surface area contributed by atoms with Crippen LogP contribution in [0.1, 0.15) is 21.1 Å². The van der Waals surface area contributed by atoms with Gasteiger partial charge in [0.25, 0.3) is 0 Å². The van der Waals surface area contributed by atoms with Crippen molar-refractivity contribution in [3.8, 4) is 0 Å². The fourth-order valence-electron chi connectivity index (χ4n) is 3.03. The zero-order valence-electron chi connectivity index (χ0n) is 15.2. The summed E-state index contributed by atoms with van der Waals surface area (Å²) in [6.07, 6.45) is 0.400. The third-order valence-electron chi connectivity index (χ3n) is 4.52. The van der Waals surface area contributed by atoms with Gasteiger partial charge < -0.3 is 15.1 Å². The number of rotatable bonds is 4. The lowest BCUT2D eigenvalue weighted by atomic mass is 10.2. The topological polar surface area (TPSA) is 65.5 Å². The van der Waals surface area contributed by atoms with Gasteiger partial charge in [-0.15, -0.1) is 11.3 Å². The lowest BCUT2D eigenvalue weighted by Crippen LogP contribution is -2.53. The Balaban J connectivity index is 1.45. The minimum atomic E-state index is -0.0742. The van der Waals surface area contributed by atoms with E-state index in [4.69, 9.17) is 0 Å². The van der Waals surface area contributed by atoms with Gasteiger partial charge in [-0.1, -0.05) is 30.3 Å². The second-order valence-corrected chi connectivity index (χ2v) is 7.72. The van der Waals surface area contributed by atoms with Gasteiger partial charge in [-0.3, -0.25) is 4.79 Å². The maximum Gasteiger partial charge on any atom is 0.317 e. The SMILES string of the molecule is Cc1nc(C)c(CC(=O)N2CCN(C(=O)NCc3ccccc3)CC2)s1. The molecule has 138 valence electrons. The number of piperazine rings is 1. The van der Waals surface area contributed by atoms with Gasteiger partial charge in [0.2, 0.25) is 5.91 Å². The third kappa shape index (κ3) is 4.60. The van der Waals surface area contributed by atoms with E-state index in [1.165, 1.54) is 0 Å². The summed E-state index contributed by atoms with van der Waals surface area (Å²) in [4.78, 5) is 33.8. The molecule has 0 aliphatic carbocycles. The van der Waals surface area contributed by atoms with Crippen LogP contribution in [0.25, 0.3) is 0 Å². The Labute approximate surface area is 157 Å². The molecule has 1 aliphatic rings. The molecule has 2 heterocycles. The van der Waals surface area contributed by atoms with Crippen LogP contribution in [-0.2, 0) is 17.8 Å². The predicted molar refractivity (Wildman–Crippen MR) is 102 cm³/mol. The predicted octanol–water partition coefficient (Wildman–Crippen LogP) is 2.36. The van der Waals surface area contributed by atoms with Crippen LogP contribution in [0, 0.1) is 13.8 Å². The van der Waals surface area contributed by atoms with Gasteiger partial charge in [0.05, 0.1) is 17.1 Å². The highest BCUT2D eigenvalue weighted by molar-refractivity contribution is 7.11. The number of nitrogens with zero attached hydrogens (tertiary/aromatic N) is 3. The lowest BCUT2D eigenvalue weighted by Gasteiger charge is -2.34. The summed E-state index contributed by atoms with van der Waals surface area (Å²) in [5.41, 5.74) is 2.02. The van der Waals surface area contributed by atoms with Crippen molar-refractivity contribution < 1.29 is 9.59 Å². The Hall–Kier alpha value is -2.41. The number of carbonyl (C=O) groups excluding carboxylic acids is 2. The van der Waals surface area contributed by atoms with E-state index in [-0.39, 0.29) is 11.9 Å². The van der Waals surface area contributed by atoms with E-state index in [0.717, 1.165) is 21.1 Å². The molecule has 3 amide bonds. The molecule has 26 heavy (non-hydrogen) atoms. The number of aryl methyl sites for hydroxylation is 2. The number of urea groups is 1. The van der Waals surface area contributed by atoms with Crippen molar-refractivity contribution in [1.29, 1.82) is 0 Å². The van der Waals surface area contributed by atoms with Crippen molar-refractivity contribution in [3.05, 3.63) is 51.5 Å². The van der Waals surface area contributed by atoms with Crippen LogP contribution in [0.4, 0.5) is 4.79 Å². The number of hydrogen-bond acceptors (Lipinski definition) is 4. The smallest absolute Gasteiger partial charge is 0.317 e. The van der Waals surface area contributed by atoms with Gasteiger partial charge in [0.1, 0.15) is 0 Å². The fraction of sp³-hybridized carbons (Fsp3) is 0.421. The Morgan fingerprint density at radius 2 is 1.73 bits per heavy atom. The van der Waals surface area contributed by atoms with E-state index in [2.05, 4.69) is 10.3 Å². The molecule has 1 aromatic carbocycles. The number of carbonyl (C=O) groups is 2. The molecule has 0 bridgehead atoms. The first-order valence-corrected chi connectivity index (χ1v) is 9.62. The number of nitrogens with one attached hydrogen (secondary N) is 1. The lowest BCUT2D eigenvalue weighted by molar-refractivity contribution is -0.131. The summed E-state index contributed by atoms with van der Waals surface area (Å²) in [5, 5.41) is 3.93. The van der Waals surface area contributed by atoms with Crippen molar-refractivity contribution in [3.63, 3.8) is 0 Å². The van der Waals surface area contributed by atoms with Gasteiger partial charge >= 0.3 is 6.03 Å². The van der Waals surface area contributed by atoms with Crippen LogP contribution >= 0.6 is 11.3 Å². The molecule has 1 aromatic heterocycles. The molecule has 0 radical (unpaired) electrons. The van der Waals surface area contributed by atoms with Crippen LogP contribution in [-0.4, -0.2) is 52.9 Å². The zero-order valence-corrected chi connectivity index (χ0v) is 16.0. The second-order valence-electron chi connectivity index (χ2n) is 6.43. The summed E-state index contributed by atoms with van der Waals surface area (Å²) in [6, 6.07) is 9.77. The second kappa shape index (κ2) is 8.31. The Morgan fingerprint density at radius 3 is 2.35 bits per heavy atom. The molecule has 0 atom stereocenters. The van der Waals surface area contributed by atoms with Crippen LogP contribution in [0.15, 0.2) is 30.3 Å². The van der Waals surface area contributed by atoms with Gasteiger partial charge in [-0.2, -0.15) is 0 Å². The molecule has 6 nitrogen and oxygen atoms in total. The van der Waals surface area contributed by atoms with Gasteiger partial charge in [0, 0.05) is 37.6 Å². The number of hydrogen-bond donors (Lipinski definition) is 1. The summed E-state index contributed by atoms with van der Waals surface area (Å²) < 4.78 is 0. The van der Waals surface area contributed by atoms with Crippen molar-refractivity contribution in [2.45, 2.75) is 26.8 Å². The van der Waals surface area contributed by atoms with E-state index >= 15 is 0 Å². The normalized spacial score (nSPS) is 14.4. The zero-order chi connectivity index (χ0) is 18.5. The first-order valence-electron chi connectivity index (χ1n) is 8.80. The minimum Gasteiger partial charge on any atom is -0.339 e. The standard InChI is InChI=1S/C19H24N4O2S/c1-14-17(26-15(2)21-14)12-18(24)22-8-10-23(11-9-22)19(25)20-13-16-6-4-3-5-7-16/h3-7H,8-13H2,1-2H3,(H,20,25). The maximum absolute atomic E-state index is 12.5. The van der Waals surface area contributed by atoms with E-state index in [1.807, 2.05) is 49.1 Å². The third-order valence-corrected chi connectivity index (χ3v) is 5.59. The monoisotopic (exact) mass is 372 g/mol. The highest BCUT2D eigenvalue weighted by atomic mass is 32.1. The Kier molecular flexibility index (Phi) is 5.88. The molecule has 0 saturated carbocycles. The summed E-state index contributed by atoms with van der Waals surface area (Å²) in [5.74, 6) is 0.112. The molecule has 1 N–H and O–H groups in total. The number of aromatic nitrogens is 1. The molecule has 7 heteroatoms. The Bertz CT molecular complexity index is 767. The first-order chi connectivity index (χ1) is 12.5. The molecule has 0 spiro atoms. The number of thiazole rings is 1. The molecular formula is C19H24N4O2S. The molecule has 1 fully saturated rings. The van der Waals surface area contributed by atoms with Crippen LogP contribution in [0.3, 0.4) is 0 Å². The molecule has 2 aromatic rings.